The van der Waals surface area contributed by atoms with Crippen LogP contribution < -0.4 is 10.2 Å². The Morgan fingerprint density at radius 3 is 1.11 bits per heavy atom. The van der Waals surface area contributed by atoms with Crippen LogP contribution in [0.5, 0.6) is 0 Å². The summed E-state index contributed by atoms with van der Waals surface area (Å²) in [5.74, 6) is 0.00381. The second-order valence-electron chi connectivity index (χ2n) is 17.3. The number of amides is 1. The van der Waals surface area contributed by atoms with Gasteiger partial charge in [0, 0.05) is 52.0 Å². The first-order chi connectivity index (χ1) is 27.5. The highest BCUT2D eigenvalue weighted by Gasteiger charge is 2.11. The molecule has 1 rings (SSSR count). The number of benzene rings is 1. The van der Waals surface area contributed by atoms with Gasteiger partial charge >= 0.3 is 0 Å². The zero-order chi connectivity index (χ0) is 40.6. The summed E-state index contributed by atoms with van der Waals surface area (Å²) < 4.78 is 0. The van der Waals surface area contributed by atoms with E-state index in [0.717, 1.165) is 31.7 Å². The fourth-order valence-corrected chi connectivity index (χ4v) is 7.87. The Bertz CT molecular complexity index is 968. The number of carbonyl (C=O) groups excluding carboxylic acids is 1. The Labute approximate surface area is 350 Å². The van der Waals surface area contributed by atoms with Crippen molar-refractivity contribution in [3.8, 4) is 0 Å². The molecule has 1 N–H and O–H groups in total. The molecule has 56 heavy (non-hydrogen) atoms. The van der Waals surface area contributed by atoms with Crippen LogP contribution in [0.2, 0.25) is 0 Å². The molecule has 326 valence electrons. The predicted octanol–water partition coefficient (Wildman–Crippen LogP) is 14.2. The lowest BCUT2D eigenvalue weighted by atomic mass is 10.1. The summed E-state index contributed by atoms with van der Waals surface area (Å²) in [5, 5.41) is 3.20. The number of nitrogens with one attached hydrogen (secondary N) is 1. The first kappa shape index (κ1) is 52.2. The number of anilines is 1. The highest BCUT2D eigenvalue weighted by Crippen LogP contribution is 2.15. The van der Waals surface area contributed by atoms with E-state index >= 15 is 0 Å². The van der Waals surface area contributed by atoms with Crippen molar-refractivity contribution in [2.24, 2.45) is 0 Å². The molecule has 0 aliphatic heterocycles. The molecule has 0 atom stereocenters. The van der Waals surface area contributed by atoms with Crippen LogP contribution >= 0.6 is 0 Å². The zero-order valence-corrected chi connectivity index (χ0v) is 38.4. The van der Waals surface area contributed by atoms with Crippen LogP contribution in [0.15, 0.2) is 30.3 Å². The van der Waals surface area contributed by atoms with Gasteiger partial charge in [-0.05, 0) is 62.7 Å². The molecule has 0 unspecified atom stereocenters. The quantitative estimate of drug-likeness (QED) is 0.0530. The predicted molar refractivity (Wildman–Crippen MR) is 251 cm³/mol. The molecule has 0 aliphatic carbocycles. The maximum Gasteiger partial charge on any atom is 0.244 e. The zero-order valence-electron chi connectivity index (χ0n) is 38.4. The van der Waals surface area contributed by atoms with Crippen molar-refractivity contribution in [3.05, 3.63) is 35.9 Å². The van der Waals surface area contributed by atoms with E-state index in [1.54, 1.807) is 6.08 Å². The molecule has 0 bridgehead atoms. The number of rotatable bonds is 42. The Kier molecular flexibility index (Phi) is 37.2. The maximum absolute atomic E-state index is 12.8. The number of hydrogen-bond acceptors (Lipinski definition) is 4. The van der Waals surface area contributed by atoms with Gasteiger partial charge < -0.3 is 20.0 Å². The van der Waals surface area contributed by atoms with Gasteiger partial charge in [-0.3, -0.25) is 4.79 Å². The molecule has 5 nitrogen and oxygen atoms in total. The molecular formula is C51H96N4O. The van der Waals surface area contributed by atoms with Gasteiger partial charge in [-0.15, -0.1) is 0 Å². The minimum atomic E-state index is 0.00381. The SMILES string of the molecule is CCCCCCCCCCCCN(CCCCCCCCCCCC)CCN(CCCCCCCCCCCC)CCNC(=O)/C=C/c1ccc(N(C)C)cc1. The third-order valence-electron chi connectivity index (χ3n) is 11.8. The standard InChI is InChI=1S/C51H96N4O/c1-6-9-12-15-18-21-24-27-30-33-43-54(44-34-31-28-25-22-19-16-13-10-7-2)47-48-55(45-35-32-29-26-23-20-17-14-11-8-3)46-42-52-51(56)41-38-49-36-39-50(40-37-49)53(4)5/h36-41H,6-35,42-48H2,1-5H3,(H,52,56)/b41-38+. The van der Waals surface area contributed by atoms with Crippen LogP contribution in [-0.4, -0.2) is 75.6 Å². The Morgan fingerprint density at radius 1 is 0.446 bits per heavy atom. The largest absolute Gasteiger partial charge is 0.378 e. The number of nitrogens with zero attached hydrogens (tertiary/aromatic N) is 3. The number of hydrogen-bond donors (Lipinski definition) is 1. The average molecular weight is 781 g/mol. The molecule has 0 saturated heterocycles. The lowest BCUT2D eigenvalue weighted by Gasteiger charge is -2.28. The van der Waals surface area contributed by atoms with E-state index in [2.05, 4.69) is 65.1 Å². The van der Waals surface area contributed by atoms with E-state index in [1.165, 1.54) is 211 Å². The maximum atomic E-state index is 12.8. The van der Waals surface area contributed by atoms with Crippen LogP contribution in [0, 0.1) is 0 Å². The monoisotopic (exact) mass is 781 g/mol. The van der Waals surface area contributed by atoms with Crippen LogP contribution in [0.3, 0.4) is 0 Å². The molecule has 0 heterocycles. The molecule has 0 aromatic heterocycles. The second-order valence-corrected chi connectivity index (χ2v) is 17.3. The van der Waals surface area contributed by atoms with E-state index in [4.69, 9.17) is 0 Å². The van der Waals surface area contributed by atoms with Crippen molar-refractivity contribution in [2.75, 3.05) is 64.8 Å². The molecule has 0 radical (unpaired) electrons. The topological polar surface area (TPSA) is 38.8 Å². The molecule has 0 aliphatic rings. The Hall–Kier alpha value is -1.85. The Balaban J connectivity index is 2.64. The molecule has 0 saturated carbocycles. The van der Waals surface area contributed by atoms with E-state index < -0.39 is 0 Å². The average Bonchev–Trinajstić information content (AvgIpc) is 3.20. The third kappa shape index (κ3) is 33.2. The van der Waals surface area contributed by atoms with Crippen molar-refractivity contribution in [1.29, 1.82) is 0 Å². The van der Waals surface area contributed by atoms with Crippen molar-refractivity contribution in [3.63, 3.8) is 0 Å². The Morgan fingerprint density at radius 2 is 0.768 bits per heavy atom. The second kappa shape index (κ2) is 40.0. The van der Waals surface area contributed by atoms with Gasteiger partial charge in [-0.2, -0.15) is 0 Å². The first-order valence-electron chi connectivity index (χ1n) is 24.7. The normalized spacial score (nSPS) is 11.8. The third-order valence-corrected chi connectivity index (χ3v) is 11.8. The minimum Gasteiger partial charge on any atom is -0.378 e. The molecule has 5 heteroatoms. The van der Waals surface area contributed by atoms with Crippen molar-refractivity contribution < 1.29 is 4.79 Å². The van der Waals surface area contributed by atoms with Crippen LogP contribution in [0.1, 0.15) is 219 Å². The lowest BCUT2D eigenvalue weighted by Crippen LogP contribution is -2.40. The van der Waals surface area contributed by atoms with Crippen LogP contribution in [-0.2, 0) is 4.79 Å². The van der Waals surface area contributed by atoms with Gasteiger partial charge in [0.05, 0.1) is 0 Å². The van der Waals surface area contributed by atoms with Gasteiger partial charge in [0.25, 0.3) is 0 Å². The summed E-state index contributed by atoms with van der Waals surface area (Å²) in [4.78, 5) is 20.3. The fraction of sp³-hybridized carbons (Fsp3) is 0.824. The summed E-state index contributed by atoms with van der Waals surface area (Å²) in [6, 6.07) is 8.34. The van der Waals surface area contributed by atoms with Gasteiger partial charge in [0.2, 0.25) is 5.91 Å². The molecule has 1 aromatic rings. The molecule has 0 spiro atoms. The first-order valence-corrected chi connectivity index (χ1v) is 24.7. The van der Waals surface area contributed by atoms with Gasteiger partial charge in [0.15, 0.2) is 0 Å². The van der Waals surface area contributed by atoms with Crippen molar-refractivity contribution in [2.45, 2.75) is 213 Å². The van der Waals surface area contributed by atoms with Gasteiger partial charge in [0.1, 0.15) is 0 Å². The van der Waals surface area contributed by atoms with E-state index in [-0.39, 0.29) is 5.91 Å². The van der Waals surface area contributed by atoms with Crippen molar-refractivity contribution >= 4 is 17.7 Å². The highest BCUT2D eigenvalue weighted by molar-refractivity contribution is 5.91. The number of carbonyl (C=O) groups is 1. The van der Waals surface area contributed by atoms with Crippen molar-refractivity contribution in [1.82, 2.24) is 15.1 Å². The lowest BCUT2D eigenvalue weighted by molar-refractivity contribution is -0.116. The van der Waals surface area contributed by atoms with Gasteiger partial charge in [-0.1, -0.05) is 206 Å². The van der Waals surface area contributed by atoms with E-state index in [9.17, 15) is 4.79 Å². The molecule has 1 amide bonds. The molecular weight excluding hydrogens is 685 g/mol. The fourth-order valence-electron chi connectivity index (χ4n) is 7.87. The van der Waals surface area contributed by atoms with Gasteiger partial charge in [-0.25, -0.2) is 0 Å². The van der Waals surface area contributed by atoms with E-state index in [1.807, 2.05) is 20.2 Å². The highest BCUT2D eigenvalue weighted by atomic mass is 16.1. The van der Waals surface area contributed by atoms with Crippen LogP contribution in [0.25, 0.3) is 6.08 Å². The summed E-state index contributed by atoms with van der Waals surface area (Å²) in [6.45, 7) is 14.5. The molecule has 1 aromatic carbocycles. The van der Waals surface area contributed by atoms with Crippen LogP contribution in [0.4, 0.5) is 5.69 Å². The summed E-state index contributed by atoms with van der Waals surface area (Å²) in [6.07, 6.45) is 45.4. The smallest absolute Gasteiger partial charge is 0.244 e. The minimum absolute atomic E-state index is 0.00381. The summed E-state index contributed by atoms with van der Waals surface area (Å²) >= 11 is 0. The number of unbranched alkanes of at least 4 members (excludes halogenated alkanes) is 27. The summed E-state index contributed by atoms with van der Waals surface area (Å²) in [5.41, 5.74) is 2.22. The summed E-state index contributed by atoms with van der Waals surface area (Å²) in [7, 11) is 4.10. The van der Waals surface area contributed by atoms with E-state index in [0.29, 0.717) is 6.54 Å². The molecule has 0 fully saturated rings.